The Kier molecular flexibility index (Phi) is 5.53. The zero-order chi connectivity index (χ0) is 14.9. The van der Waals surface area contributed by atoms with Crippen molar-refractivity contribution in [2.24, 2.45) is 17.8 Å². The first-order valence-electron chi connectivity index (χ1n) is 8.90. The van der Waals surface area contributed by atoms with Gasteiger partial charge in [-0.25, -0.2) is 0 Å². The quantitative estimate of drug-likeness (QED) is 0.698. The standard InChI is InChI=1S/C18H36N2/c1-13(2)17-11-19(12-17)15(5)7-8-16(6)20-10-9-18(20)14(3)4/h13-18H,7-12H2,1-6H3/t15?,16?,18-/m0/s1. The van der Waals surface area contributed by atoms with Gasteiger partial charge in [-0.2, -0.15) is 0 Å². The summed E-state index contributed by atoms with van der Waals surface area (Å²) < 4.78 is 0. The lowest BCUT2D eigenvalue weighted by Crippen LogP contribution is -2.55. The Bertz CT molecular complexity index is 294. The third-order valence-electron chi connectivity index (χ3n) is 5.95. The maximum Gasteiger partial charge on any atom is 0.0133 e. The van der Waals surface area contributed by atoms with E-state index in [2.05, 4.69) is 51.3 Å². The molecule has 0 spiro atoms. The first kappa shape index (κ1) is 16.3. The first-order chi connectivity index (χ1) is 9.40. The summed E-state index contributed by atoms with van der Waals surface area (Å²) in [6.07, 6.45) is 4.15. The summed E-state index contributed by atoms with van der Waals surface area (Å²) in [5, 5.41) is 0. The van der Waals surface area contributed by atoms with Crippen molar-refractivity contribution >= 4 is 0 Å². The number of hydrogen-bond donors (Lipinski definition) is 0. The molecule has 2 saturated heterocycles. The van der Waals surface area contributed by atoms with Crippen LogP contribution in [0.15, 0.2) is 0 Å². The van der Waals surface area contributed by atoms with E-state index in [4.69, 9.17) is 0 Å². The minimum Gasteiger partial charge on any atom is -0.300 e. The SMILES string of the molecule is CC(C)C1CN(C(C)CCC(C)N2CC[C@H]2C(C)C)C1. The van der Waals surface area contributed by atoms with Crippen molar-refractivity contribution in [3.63, 3.8) is 0 Å². The van der Waals surface area contributed by atoms with Crippen LogP contribution in [0.3, 0.4) is 0 Å². The third-order valence-corrected chi connectivity index (χ3v) is 5.95. The van der Waals surface area contributed by atoms with Crippen molar-refractivity contribution < 1.29 is 0 Å². The molecule has 2 aliphatic rings. The Morgan fingerprint density at radius 2 is 1.45 bits per heavy atom. The Morgan fingerprint density at radius 1 is 0.850 bits per heavy atom. The number of likely N-dealkylation sites (tertiary alicyclic amines) is 2. The molecule has 0 N–H and O–H groups in total. The van der Waals surface area contributed by atoms with E-state index < -0.39 is 0 Å². The predicted octanol–water partition coefficient (Wildman–Crippen LogP) is 3.86. The van der Waals surface area contributed by atoms with Crippen molar-refractivity contribution in [1.82, 2.24) is 9.80 Å². The average molecular weight is 281 g/mol. The Labute approximate surface area is 126 Å². The highest BCUT2D eigenvalue weighted by atomic mass is 15.2. The summed E-state index contributed by atoms with van der Waals surface area (Å²) in [6.45, 7) is 18.4. The second kappa shape index (κ2) is 6.79. The summed E-state index contributed by atoms with van der Waals surface area (Å²) in [5.41, 5.74) is 0. The molecule has 0 aromatic carbocycles. The monoisotopic (exact) mass is 280 g/mol. The van der Waals surface area contributed by atoms with E-state index in [-0.39, 0.29) is 0 Å². The van der Waals surface area contributed by atoms with Crippen LogP contribution in [-0.2, 0) is 0 Å². The van der Waals surface area contributed by atoms with Gasteiger partial charge in [-0.1, -0.05) is 27.7 Å². The van der Waals surface area contributed by atoms with Crippen LogP contribution < -0.4 is 0 Å². The van der Waals surface area contributed by atoms with Gasteiger partial charge in [0.05, 0.1) is 0 Å². The predicted molar refractivity (Wildman–Crippen MR) is 88.0 cm³/mol. The van der Waals surface area contributed by atoms with Gasteiger partial charge < -0.3 is 0 Å². The number of rotatable bonds is 7. The Balaban J connectivity index is 1.65. The van der Waals surface area contributed by atoms with Crippen LogP contribution in [0.2, 0.25) is 0 Å². The molecule has 2 rings (SSSR count). The molecule has 3 atom stereocenters. The highest BCUT2D eigenvalue weighted by Gasteiger charge is 2.35. The maximum atomic E-state index is 2.74. The average Bonchev–Trinajstić information content (AvgIpc) is 2.21. The third kappa shape index (κ3) is 3.57. The smallest absolute Gasteiger partial charge is 0.0133 e. The zero-order valence-corrected chi connectivity index (χ0v) is 14.6. The highest BCUT2D eigenvalue weighted by Crippen LogP contribution is 2.30. The molecule has 2 nitrogen and oxygen atoms in total. The molecule has 20 heavy (non-hydrogen) atoms. The van der Waals surface area contributed by atoms with Gasteiger partial charge in [0, 0.05) is 37.8 Å². The van der Waals surface area contributed by atoms with Crippen molar-refractivity contribution in [2.75, 3.05) is 19.6 Å². The van der Waals surface area contributed by atoms with Crippen LogP contribution in [0, 0.1) is 17.8 Å². The van der Waals surface area contributed by atoms with E-state index in [0.29, 0.717) is 0 Å². The number of hydrogen-bond acceptors (Lipinski definition) is 2. The first-order valence-corrected chi connectivity index (χ1v) is 8.90. The van der Waals surface area contributed by atoms with Crippen LogP contribution in [-0.4, -0.2) is 47.6 Å². The van der Waals surface area contributed by atoms with E-state index in [1.807, 2.05) is 0 Å². The van der Waals surface area contributed by atoms with Crippen LogP contribution in [0.1, 0.15) is 60.8 Å². The fourth-order valence-corrected chi connectivity index (χ4v) is 3.85. The molecule has 118 valence electrons. The molecular weight excluding hydrogens is 244 g/mol. The molecule has 0 aromatic heterocycles. The van der Waals surface area contributed by atoms with Gasteiger partial charge in [0.1, 0.15) is 0 Å². The van der Waals surface area contributed by atoms with Crippen LogP contribution in [0.5, 0.6) is 0 Å². The largest absolute Gasteiger partial charge is 0.300 e. The minimum atomic E-state index is 0.778. The molecular formula is C18H36N2. The Hall–Kier alpha value is -0.0800. The molecule has 2 heterocycles. The minimum absolute atomic E-state index is 0.778. The van der Waals surface area contributed by atoms with E-state index in [1.165, 1.54) is 38.9 Å². The van der Waals surface area contributed by atoms with Crippen LogP contribution in [0.4, 0.5) is 0 Å². The maximum absolute atomic E-state index is 2.74. The fraction of sp³-hybridized carbons (Fsp3) is 1.00. The fourth-order valence-electron chi connectivity index (χ4n) is 3.85. The van der Waals surface area contributed by atoms with Crippen LogP contribution >= 0.6 is 0 Å². The molecule has 0 radical (unpaired) electrons. The molecule has 0 amide bonds. The van der Waals surface area contributed by atoms with Gasteiger partial charge >= 0.3 is 0 Å². The lowest BCUT2D eigenvalue weighted by Gasteiger charge is -2.48. The molecule has 2 heteroatoms. The summed E-state index contributed by atoms with van der Waals surface area (Å²) in [7, 11) is 0. The van der Waals surface area contributed by atoms with E-state index in [9.17, 15) is 0 Å². The van der Waals surface area contributed by atoms with Crippen molar-refractivity contribution in [3.05, 3.63) is 0 Å². The highest BCUT2D eigenvalue weighted by molar-refractivity contribution is 4.90. The molecule has 2 unspecified atom stereocenters. The summed E-state index contributed by atoms with van der Waals surface area (Å²) in [5.74, 6) is 2.65. The van der Waals surface area contributed by atoms with Crippen LogP contribution in [0.25, 0.3) is 0 Å². The van der Waals surface area contributed by atoms with Crippen molar-refractivity contribution in [3.8, 4) is 0 Å². The van der Waals surface area contributed by atoms with E-state index in [1.54, 1.807) is 0 Å². The lowest BCUT2D eigenvalue weighted by molar-refractivity contribution is 0.00256. The molecule has 0 aliphatic carbocycles. The normalized spacial score (nSPS) is 28.5. The van der Waals surface area contributed by atoms with Gasteiger partial charge in [-0.15, -0.1) is 0 Å². The second-order valence-corrected chi connectivity index (χ2v) is 8.07. The molecule has 0 aromatic rings. The summed E-state index contributed by atoms with van der Waals surface area (Å²) in [4.78, 5) is 5.43. The van der Waals surface area contributed by atoms with E-state index in [0.717, 1.165) is 35.9 Å². The van der Waals surface area contributed by atoms with Gasteiger partial charge in [0.25, 0.3) is 0 Å². The van der Waals surface area contributed by atoms with Crippen molar-refractivity contribution in [2.45, 2.75) is 78.9 Å². The molecule has 0 bridgehead atoms. The van der Waals surface area contributed by atoms with Gasteiger partial charge in [0.2, 0.25) is 0 Å². The lowest BCUT2D eigenvalue weighted by atomic mass is 9.86. The van der Waals surface area contributed by atoms with E-state index >= 15 is 0 Å². The second-order valence-electron chi connectivity index (χ2n) is 8.07. The van der Waals surface area contributed by atoms with Gasteiger partial charge in [-0.05, 0) is 50.9 Å². The molecule has 2 aliphatic heterocycles. The number of nitrogens with zero attached hydrogens (tertiary/aromatic N) is 2. The van der Waals surface area contributed by atoms with Gasteiger partial charge in [-0.3, -0.25) is 9.80 Å². The molecule has 0 saturated carbocycles. The Morgan fingerprint density at radius 3 is 1.90 bits per heavy atom. The zero-order valence-electron chi connectivity index (χ0n) is 14.6. The topological polar surface area (TPSA) is 6.48 Å². The van der Waals surface area contributed by atoms with Crippen molar-refractivity contribution in [1.29, 1.82) is 0 Å². The van der Waals surface area contributed by atoms with Gasteiger partial charge in [0.15, 0.2) is 0 Å². The molecule has 2 fully saturated rings. The summed E-state index contributed by atoms with van der Waals surface area (Å²) in [6, 6.07) is 2.42. The summed E-state index contributed by atoms with van der Waals surface area (Å²) >= 11 is 0.